The van der Waals surface area contributed by atoms with E-state index in [0.717, 1.165) is 64.2 Å². The number of fused-ring (bicyclic) bond motifs is 1. The molecule has 5 aromatic rings. The summed E-state index contributed by atoms with van der Waals surface area (Å²) in [5.74, 6) is 2.50. The molecule has 1 heterocycles. The third-order valence-electron chi connectivity index (χ3n) is 8.54. The van der Waals surface area contributed by atoms with E-state index in [1.165, 1.54) is 18.4 Å². The Balaban J connectivity index is 1.28. The number of methoxy groups -OCH3 is 1. The molecule has 4 aromatic carbocycles. The molecule has 230 valence electrons. The predicted molar refractivity (Wildman–Crippen MR) is 178 cm³/mol. The normalized spacial score (nSPS) is 12.8. The van der Waals surface area contributed by atoms with Crippen molar-refractivity contribution in [3.8, 4) is 5.75 Å². The number of imidazole rings is 1. The van der Waals surface area contributed by atoms with Crippen LogP contribution in [-0.2, 0) is 39.0 Å². The van der Waals surface area contributed by atoms with Crippen LogP contribution < -0.4 is 16.2 Å². The summed E-state index contributed by atoms with van der Waals surface area (Å²) in [5, 5.41) is 7.65. The number of carbonyl (C=O) groups excluding carboxylic acids is 1. The number of hydrogen-bond donors (Lipinski definition) is 3. The first-order valence-corrected chi connectivity index (χ1v) is 15.5. The Morgan fingerprint density at radius 3 is 2.27 bits per heavy atom. The number of benzene rings is 4. The van der Waals surface area contributed by atoms with Crippen LogP contribution in [0.25, 0.3) is 11.0 Å². The Morgan fingerprint density at radius 1 is 0.889 bits per heavy atom. The van der Waals surface area contributed by atoms with Crippen molar-refractivity contribution in [3.05, 3.63) is 130 Å². The van der Waals surface area contributed by atoms with Crippen LogP contribution >= 0.6 is 0 Å². The Bertz CT molecular complexity index is 1810. The van der Waals surface area contributed by atoms with Crippen LogP contribution in [-0.4, -0.2) is 33.3 Å². The second kappa shape index (κ2) is 13.4. The van der Waals surface area contributed by atoms with Crippen molar-refractivity contribution in [2.75, 3.05) is 7.11 Å². The molecule has 45 heavy (non-hydrogen) atoms. The van der Waals surface area contributed by atoms with Gasteiger partial charge in [-0.25, -0.2) is 4.98 Å². The summed E-state index contributed by atoms with van der Waals surface area (Å²) in [4.78, 5) is 21.1. The van der Waals surface area contributed by atoms with E-state index in [0.29, 0.717) is 31.1 Å². The molecule has 1 aliphatic rings. The molecule has 0 atom stereocenters. The smallest absolute Gasteiger partial charge is 0.254 e. The fourth-order valence-corrected chi connectivity index (χ4v) is 5.75. The summed E-state index contributed by atoms with van der Waals surface area (Å²) >= 11 is 0. The lowest BCUT2D eigenvalue weighted by molar-refractivity contribution is 0.0730. The molecule has 1 fully saturated rings. The monoisotopic (exact) mass is 600 g/mol. The van der Waals surface area contributed by atoms with Crippen LogP contribution in [0.5, 0.6) is 5.75 Å². The first kappa shape index (κ1) is 30.1. The van der Waals surface area contributed by atoms with Gasteiger partial charge < -0.3 is 25.7 Å². The van der Waals surface area contributed by atoms with Crippen molar-refractivity contribution in [1.82, 2.24) is 14.5 Å². The number of aromatic nitrogens is 2. The summed E-state index contributed by atoms with van der Waals surface area (Å²) in [5.41, 5.74) is 19.0. The summed E-state index contributed by atoms with van der Waals surface area (Å²) < 4.78 is 7.79. The maximum atomic E-state index is 14.2. The predicted octanol–water partition coefficient (Wildman–Crippen LogP) is 5.83. The van der Waals surface area contributed by atoms with E-state index < -0.39 is 0 Å². The number of nitrogens with one attached hydrogen (secondary N) is 1. The van der Waals surface area contributed by atoms with Crippen LogP contribution in [0.2, 0.25) is 0 Å². The summed E-state index contributed by atoms with van der Waals surface area (Å²) in [6.07, 6.45) is 4.10. The standard InChI is InChI=1S/C37H40N6O2/c1-45-32-4-2-3-29(19-32)23-42(22-27-7-5-26(21-38)6-8-27)37(44)31-16-17-34-33(20-31)41-35(43(34)24-28-9-10-28)18-13-25-11-14-30(15-12-25)36(39)40/h2-8,11-12,14-17,19-20,28H,9-10,13,18,21-24,38H2,1H3,(H3,39,40). The quantitative estimate of drug-likeness (QED) is 0.116. The van der Waals surface area contributed by atoms with Gasteiger partial charge in [0.1, 0.15) is 17.4 Å². The number of amidine groups is 1. The zero-order chi connectivity index (χ0) is 31.3. The number of amides is 1. The first-order chi connectivity index (χ1) is 21.9. The number of nitrogens with zero attached hydrogens (tertiary/aromatic N) is 3. The zero-order valence-corrected chi connectivity index (χ0v) is 25.7. The Kier molecular flexibility index (Phi) is 8.93. The molecule has 0 saturated heterocycles. The molecule has 6 rings (SSSR count). The summed E-state index contributed by atoms with van der Waals surface area (Å²) in [6.45, 7) is 2.33. The highest BCUT2D eigenvalue weighted by Crippen LogP contribution is 2.33. The van der Waals surface area contributed by atoms with Crippen LogP contribution in [0.3, 0.4) is 0 Å². The Labute approximate surface area is 264 Å². The van der Waals surface area contributed by atoms with E-state index in [2.05, 4.69) is 10.6 Å². The molecule has 1 aliphatic carbocycles. The number of carbonyl (C=O) groups is 1. The Morgan fingerprint density at radius 2 is 1.58 bits per heavy atom. The lowest BCUT2D eigenvalue weighted by atomic mass is 10.1. The van der Waals surface area contributed by atoms with Gasteiger partial charge in [0.05, 0.1) is 18.1 Å². The minimum atomic E-state index is -0.0496. The van der Waals surface area contributed by atoms with Gasteiger partial charge in [-0.2, -0.15) is 0 Å². The van der Waals surface area contributed by atoms with Crippen molar-refractivity contribution in [2.45, 2.75) is 51.9 Å². The lowest BCUT2D eigenvalue weighted by Crippen LogP contribution is -2.30. The largest absolute Gasteiger partial charge is 0.497 e. The number of aryl methyl sites for hydroxylation is 2. The molecule has 8 heteroatoms. The average Bonchev–Trinajstić information content (AvgIpc) is 3.83. The van der Waals surface area contributed by atoms with Crippen molar-refractivity contribution in [3.63, 3.8) is 0 Å². The van der Waals surface area contributed by atoms with Crippen LogP contribution in [0, 0.1) is 11.3 Å². The molecule has 8 nitrogen and oxygen atoms in total. The molecule has 0 spiro atoms. The fourth-order valence-electron chi connectivity index (χ4n) is 5.75. The topological polar surface area (TPSA) is 123 Å². The van der Waals surface area contributed by atoms with Gasteiger partial charge in [-0.05, 0) is 77.8 Å². The number of rotatable bonds is 13. The van der Waals surface area contributed by atoms with Crippen molar-refractivity contribution in [2.24, 2.45) is 17.4 Å². The van der Waals surface area contributed by atoms with Gasteiger partial charge in [-0.15, -0.1) is 0 Å². The Hall–Kier alpha value is -4.95. The van der Waals surface area contributed by atoms with E-state index in [9.17, 15) is 4.79 Å². The van der Waals surface area contributed by atoms with Gasteiger partial charge in [0.25, 0.3) is 5.91 Å². The minimum Gasteiger partial charge on any atom is -0.497 e. The lowest BCUT2D eigenvalue weighted by Gasteiger charge is -2.24. The third kappa shape index (κ3) is 7.24. The minimum absolute atomic E-state index is 0.0496. The number of nitrogen functional groups attached to an aromatic ring is 1. The zero-order valence-electron chi connectivity index (χ0n) is 25.7. The molecular weight excluding hydrogens is 560 g/mol. The van der Waals surface area contributed by atoms with Gasteiger partial charge in [0.2, 0.25) is 0 Å². The molecule has 0 aliphatic heterocycles. The first-order valence-electron chi connectivity index (χ1n) is 15.5. The van der Waals surface area contributed by atoms with E-state index >= 15 is 0 Å². The van der Waals surface area contributed by atoms with Gasteiger partial charge in [0.15, 0.2) is 0 Å². The number of hydrogen-bond acceptors (Lipinski definition) is 5. The SMILES string of the molecule is COc1cccc(CN(Cc2ccc(CN)cc2)C(=O)c2ccc3c(c2)nc(CCc2ccc(C(=N)N)cc2)n3CC2CC2)c1. The van der Waals surface area contributed by atoms with E-state index in [4.69, 9.17) is 26.6 Å². The van der Waals surface area contributed by atoms with Gasteiger partial charge >= 0.3 is 0 Å². The second-order valence-corrected chi connectivity index (χ2v) is 11.9. The highest BCUT2D eigenvalue weighted by molar-refractivity contribution is 5.97. The van der Waals surface area contributed by atoms with Crippen LogP contribution in [0.4, 0.5) is 0 Å². The molecule has 0 radical (unpaired) electrons. The average molecular weight is 601 g/mol. The molecule has 1 aromatic heterocycles. The molecule has 0 unspecified atom stereocenters. The van der Waals surface area contributed by atoms with Crippen LogP contribution in [0.15, 0.2) is 91.0 Å². The second-order valence-electron chi connectivity index (χ2n) is 11.9. The maximum Gasteiger partial charge on any atom is 0.254 e. The van der Waals surface area contributed by atoms with Crippen molar-refractivity contribution < 1.29 is 9.53 Å². The molecule has 1 amide bonds. The van der Waals surface area contributed by atoms with Gasteiger partial charge in [0, 0.05) is 43.7 Å². The van der Waals surface area contributed by atoms with E-state index in [1.54, 1.807) is 7.11 Å². The number of nitrogens with two attached hydrogens (primary N) is 2. The maximum absolute atomic E-state index is 14.2. The highest BCUT2D eigenvalue weighted by atomic mass is 16.5. The van der Waals surface area contributed by atoms with Gasteiger partial charge in [-0.3, -0.25) is 10.2 Å². The molecule has 0 bridgehead atoms. The van der Waals surface area contributed by atoms with Crippen LogP contribution in [0.1, 0.15) is 56.8 Å². The summed E-state index contributed by atoms with van der Waals surface area (Å²) in [6, 6.07) is 29.8. The highest BCUT2D eigenvalue weighted by Gasteiger charge is 2.25. The van der Waals surface area contributed by atoms with Gasteiger partial charge in [-0.1, -0.05) is 60.7 Å². The van der Waals surface area contributed by atoms with Crippen molar-refractivity contribution in [1.29, 1.82) is 5.41 Å². The molecular formula is C37H40N6O2. The summed E-state index contributed by atoms with van der Waals surface area (Å²) in [7, 11) is 1.65. The number of ether oxygens (including phenoxy) is 1. The molecule has 5 N–H and O–H groups in total. The van der Waals surface area contributed by atoms with Crippen molar-refractivity contribution >= 4 is 22.8 Å². The molecule has 1 saturated carbocycles. The third-order valence-corrected chi connectivity index (χ3v) is 8.54. The fraction of sp³-hybridized carbons (Fsp3) is 0.270. The van der Waals surface area contributed by atoms with E-state index in [-0.39, 0.29) is 11.7 Å². The van der Waals surface area contributed by atoms with E-state index in [1.807, 2.05) is 89.8 Å².